The third-order valence-corrected chi connectivity index (χ3v) is 11.0. The van der Waals surface area contributed by atoms with Gasteiger partial charge in [-0.3, -0.25) is 19.2 Å². The van der Waals surface area contributed by atoms with Crippen molar-refractivity contribution in [2.75, 3.05) is 66.1 Å². The highest BCUT2D eigenvalue weighted by molar-refractivity contribution is 5.77. The lowest BCUT2D eigenvalue weighted by atomic mass is 9.73. The van der Waals surface area contributed by atoms with Crippen molar-refractivity contribution in [1.29, 1.82) is 0 Å². The van der Waals surface area contributed by atoms with E-state index in [4.69, 9.17) is 33.2 Å². The van der Waals surface area contributed by atoms with Gasteiger partial charge in [-0.05, 0) is 86.9 Å². The molecule has 0 aliphatic heterocycles. The van der Waals surface area contributed by atoms with Gasteiger partial charge >= 0.3 is 23.9 Å². The molecule has 0 aromatic rings. The Labute approximate surface area is 361 Å². The maximum atomic E-state index is 12.6. The summed E-state index contributed by atoms with van der Waals surface area (Å²) in [5.74, 6) is 1.86. The predicted molar refractivity (Wildman–Crippen MR) is 237 cm³/mol. The zero-order chi connectivity index (χ0) is 45.9. The molecule has 4 atom stereocenters. The van der Waals surface area contributed by atoms with E-state index in [-0.39, 0.29) is 85.8 Å². The Morgan fingerprint density at radius 3 is 0.847 bits per heavy atom. The Morgan fingerprint density at radius 1 is 0.373 bits per heavy atom. The van der Waals surface area contributed by atoms with Crippen molar-refractivity contribution in [1.82, 2.24) is 0 Å². The first kappa shape index (κ1) is 58.9. The molecule has 0 amide bonds. The van der Waals surface area contributed by atoms with Crippen LogP contribution in [0.1, 0.15) is 150 Å². The van der Waals surface area contributed by atoms with Gasteiger partial charge in [-0.2, -0.15) is 0 Å². The molecular weight excluding hydrogens is 753 g/mol. The van der Waals surface area contributed by atoms with Crippen LogP contribution in [0, 0.1) is 70.0 Å². The van der Waals surface area contributed by atoms with Gasteiger partial charge in [0.15, 0.2) is 0 Å². The number of carbonyl (C=O) groups excluding carboxylic acids is 4. The molecule has 11 heteroatoms. The largest absolute Gasteiger partial charge is 0.463 e. The summed E-state index contributed by atoms with van der Waals surface area (Å²) < 4.78 is 38.0. The minimum Gasteiger partial charge on any atom is -0.463 e. The van der Waals surface area contributed by atoms with Crippen molar-refractivity contribution < 1.29 is 52.3 Å². The van der Waals surface area contributed by atoms with Crippen LogP contribution in [-0.4, -0.2) is 89.9 Å². The van der Waals surface area contributed by atoms with Crippen LogP contribution in [0.4, 0.5) is 0 Å². The molecule has 0 bridgehead atoms. The number of carbonyl (C=O) groups is 4. The van der Waals surface area contributed by atoms with Gasteiger partial charge in [0.05, 0.1) is 62.3 Å². The van der Waals surface area contributed by atoms with E-state index in [1.165, 1.54) is 0 Å². The van der Waals surface area contributed by atoms with Crippen molar-refractivity contribution in [3.63, 3.8) is 0 Å². The molecule has 0 rings (SSSR count). The first-order chi connectivity index (χ1) is 27.3. The van der Waals surface area contributed by atoms with Crippen molar-refractivity contribution in [3.8, 4) is 0 Å². The van der Waals surface area contributed by atoms with Gasteiger partial charge in [-0.15, -0.1) is 0 Å². The number of rotatable bonds is 31. The third kappa shape index (κ3) is 26.0. The highest BCUT2D eigenvalue weighted by Crippen LogP contribution is 2.37. The maximum Gasteiger partial charge on any atom is 0.312 e. The summed E-state index contributed by atoms with van der Waals surface area (Å²) in [5, 5.41) is 0. The average Bonchev–Trinajstić information content (AvgIpc) is 3.11. The Kier molecular flexibility index (Phi) is 31.5. The molecule has 11 nitrogen and oxygen atoms in total. The standard InChI is InChI=1S/C26H50O7.C22H42O4/c1-19(2)17-23(21(5)6)25(27)32-15-13-30-11-9-29-10-12-31-14-16-33-26(28)24(22(7)8)18-20(3)4;1-15(2)13-21(9,17(5)6)19(23)25-11-12-26-20(24)22(10,18(7)8)14-16(3)4/h19-24H,9-18H2,1-8H3;15-18H,11-14H2,1-10H3. The van der Waals surface area contributed by atoms with Crippen molar-refractivity contribution >= 4 is 23.9 Å². The smallest absolute Gasteiger partial charge is 0.312 e. The minimum atomic E-state index is -0.512. The summed E-state index contributed by atoms with van der Waals surface area (Å²) in [6.45, 7) is 40.4. The lowest BCUT2D eigenvalue weighted by Crippen LogP contribution is -2.38. The van der Waals surface area contributed by atoms with Gasteiger partial charge in [0, 0.05) is 0 Å². The second kappa shape index (κ2) is 31.6. The molecule has 0 heterocycles. The summed E-state index contributed by atoms with van der Waals surface area (Å²) in [4.78, 5) is 49.6. The summed E-state index contributed by atoms with van der Waals surface area (Å²) in [5.41, 5.74) is -1.02. The van der Waals surface area contributed by atoms with Crippen LogP contribution in [-0.2, 0) is 52.3 Å². The van der Waals surface area contributed by atoms with Crippen LogP contribution in [0.2, 0.25) is 0 Å². The van der Waals surface area contributed by atoms with Gasteiger partial charge in [-0.25, -0.2) is 0 Å². The van der Waals surface area contributed by atoms with E-state index >= 15 is 0 Å². The second-order valence-electron chi connectivity index (χ2n) is 19.7. The minimum absolute atomic E-state index is 0.0615. The topological polar surface area (TPSA) is 133 Å². The Morgan fingerprint density at radius 2 is 0.627 bits per heavy atom. The number of ether oxygens (including phenoxy) is 7. The molecule has 0 aromatic carbocycles. The van der Waals surface area contributed by atoms with E-state index in [0.29, 0.717) is 63.3 Å². The molecule has 0 aromatic heterocycles. The zero-order valence-corrected chi connectivity index (χ0v) is 41.2. The van der Waals surface area contributed by atoms with Gasteiger partial charge in [0.2, 0.25) is 0 Å². The second-order valence-corrected chi connectivity index (χ2v) is 19.7. The Balaban J connectivity index is 0. The zero-order valence-electron chi connectivity index (χ0n) is 41.2. The quantitative estimate of drug-likeness (QED) is 0.0375. The highest BCUT2D eigenvalue weighted by Gasteiger charge is 2.40. The van der Waals surface area contributed by atoms with E-state index in [1.807, 2.05) is 41.5 Å². The lowest BCUT2D eigenvalue weighted by molar-refractivity contribution is -0.168. The fourth-order valence-corrected chi connectivity index (χ4v) is 6.86. The molecule has 350 valence electrons. The van der Waals surface area contributed by atoms with Crippen LogP contribution in [0.25, 0.3) is 0 Å². The molecule has 0 aliphatic rings. The van der Waals surface area contributed by atoms with Gasteiger partial charge in [0.25, 0.3) is 0 Å². The maximum absolute atomic E-state index is 12.6. The van der Waals surface area contributed by atoms with Crippen LogP contribution >= 0.6 is 0 Å². The summed E-state index contributed by atoms with van der Waals surface area (Å²) in [6.07, 6.45) is 3.24. The molecule has 59 heavy (non-hydrogen) atoms. The van der Waals surface area contributed by atoms with E-state index in [9.17, 15) is 19.2 Å². The van der Waals surface area contributed by atoms with Gasteiger partial charge < -0.3 is 33.2 Å². The average molecular weight is 845 g/mol. The molecular formula is C48H92O11. The normalized spacial score (nSPS) is 15.0. The van der Waals surface area contributed by atoms with Crippen LogP contribution in [0.5, 0.6) is 0 Å². The Hall–Kier alpha value is -2.24. The van der Waals surface area contributed by atoms with E-state index in [0.717, 1.165) is 25.7 Å². The molecule has 4 unspecified atom stereocenters. The summed E-state index contributed by atoms with van der Waals surface area (Å²) in [7, 11) is 0. The first-order valence-electron chi connectivity index (χ1n) is 22.7. The molecule has 0 saturated heterocycles. The molecule has 0 N–H and O–H groups in total. The molecule has 0 fully saturated rings. The highest BCUT2D eigenvalue weighted by atomic mass is 16.6. The van der Waals surface area contributed by atoms with Crippen molar-refractivity contribution in [2.24, 2.45) is 70.0 Å². The third-order valence-electron chi connectivity index (χ3n) is 11.0. The number of esters is 4. The van der Waals surface area contributed by atoms with Crippen LogP contribution in [0.15, 0.2) is 0 Å². The number of hydrogen-bond acceptors (Lipinski definition) is 11. The van der Waals surface area contributed by atoms with Gasteiger partial charge in [-0.1, -0.05) is 111 Å². The Bertz CT molecular complexity index is 1040. The first-order valence-corrected chi connectivity index (χ1v) is 22.7. The van der Waals surface area contributed by atoms with E-state index in [2.05, 4.69) is 83.1 Å². The lowest BCUT2D eigenvalue weighted by Gasteiger charge is -2.33. The monoisotopic (exact) mass is 845 g/mol. The summed E-state index contributed by atoms with van der Waals surface area (Å²) in [6, 6.07) is 0. The van der Waals surface area contributed by atoms with E-state index in [1.54, 1.807) is 0 Å². The number of hydrogen-bond donors (Lipinski definition) is 0. The molecule has 0 radical (unpaired) electrons. The van der Waals surface area contributed by atoms with Crippen LogP contribution in [0.3, 0.4) is 0 Å². The fraction of sp³-hybridized carbons (Fsp3) is 0.917. The van der Waals surface area contributed by atoms with Crippen molar-refractivity contribution in [2.45, 2.75) is 150 Å². The predicted octanol–water partition coefficient (Wildman–Crippen LogP) is 10.2. The molecule has 0 aliphatic carbocycles. The van der Waals surface area contributed by atoms with Crippen LogP contribution < -0.4 is 0 Å². The van der Waals surface area contributed by atoms with E-state index < -0.39 is 10.8 Å². The summed E-state index contributed by atoms with van der Waals surface area (Å²) >= 11 is 0. The molecule has 0 saturated carbocycles. The molecule has 0 spiro atoms. The SMILES string of the molecule is CC(C)CC(C(=O)OCCOCCOCCOCCOC(=O)C(CC(C)C)C(C)C)C(C)C.CC(C)CC(C)(C(=O)OCCOC(=O)C(C)(CC(C)C)C(C)C)C(C)C. The van der Waals surface area contributed by atoms with Crippen molar-refractivity contribution in [3.05, 3.63) is 0 Å². The van der Waals surface area contributed by atoms with Gasteiger partial charge in [0.1, 0.15) is 26.4 Å². The fourth-order valence-electron chi connectivity index (χ4n) is 6.86.